The number of hydrogen-bond acceptors (Lipinski definition) is 5. The lowest BCUT2D eigenvalue weighted by atomic mass is 9.92. The Balaban J connectivity index is 1.67. The number of nitrogens with one attached hydrogen (secondary N) is 1. The largest absolute Gasteiger partial charge is 0.368 e. The Kier molecular flexibility index (Phi) is 5.64. The molecular weight excluding hydrogens is 364 g/mol. The zero-order valence-electron chi connectivity index (χ0n) is 17.0. The Hall–Kier alpha value is -3.66. The van der Waals surface area contributed by atoms with Gasteiger partial charge >= 0.3 is 0 Å². The maximum absolute atomic E-state index is 12.6. The van der Waals surface area contributed by atoms with Gasteiger partial charge in [0.1, 0.15) is 5.69 Å². The van der Waals surface area contributed by atoms with Crippen LogP contribution in [0, 0.1) is 11.8 Å². The minimum absolute atomic E-state index is 0.112. The van der Waals surface area contributed by atoms with Gasteiger partial charge in [0, 0.05) is 37.0 Å². The maximum Gasteiger partial charge on any atom is 0.269 e. The van der Waals surface area contributed by atoms with Crippen LogP contribution in [0.2, 0.25) is 0 Å². The van der Waals surface area contributed by atoms with Gasteiger partial charge in [-0.2, -0.15) is 5.10 Å². The number of benzene rings is 1. The number of nitrogens with zero attached hydrogens (tertiary/aromatic N) is 4. The van der Waals surface area contributed by atoms with E-state index in [1.807, 2.05) is 30.3 Å². The van der Waals surface area contributed by atoms with E-state index in [1.165, 1.54) is 0 Å². The van der Waals surface area contributed by atoms with Gasteiger partial charge in [0.25, 0.3) is 5.91 Å². The molecule has 0 atom stereocenters. The highest BCUT2D eigenvalue weighted by Crippen LogP contribution is 2.21. The van der Waals surface area contributed by atoms with Crippen molar-refractivity contribution in [3.05, 3.63) is 70.8 Å². The summed E-state index contributed by atoms with van der Waals surface area (Å²) in [5.41, 5.74) is 9.26. The van der Waals surface area contributed by atoms with Crippen molar-refractivity contribution in [2.24, 2.45) is 7.05 Å². The van der Waals surface area contributed by atoms with Gasteiger partial charge in [0.05, 0.1) is 11.3 Å². The first-order valence-electron chi connectivity index (χ1n) is 9.23. The van der Waals surface area contributed by atoms with Crippen molar-refractivity contribution in [2.45, 2.75) is 32.7 Å². The molecule has 0 unspecified atom stereocenters. The Morgan fingerprint density at radius 3 is 2.48 bits per heavy atom. The zero-order chi connectivity index (χ0) is 21.0. The summed E-state index contributed by atoms with van der Waals surface area (Å²) < 4.78 is 1.62. The fourth-order valence-electron chi connectivity index (χ4n) is 2.63. The Labute approximate surface area is 170 Å². The molecule has 7 heteroatoms. The summed E-state index contributed by atoms with van der Waals surface area (Å²) in [5.74, 6) is 6.13. The number of aryl methyl sites for hydroxylation is 1. The van der Waals surface area contributed by atoms with Gasteiger partial charge in [-0.05, 0) is 23.8 Å². The van der Waals surface area contributed by atoms with Gasteiger partial charge in [0.15, 0.2) is 0 Å². The van der Waals surface area contributed by atoms with E-state index in [2.05, 4.69) is 53.0 Å². The van der Waals surface area contributed by atoms with Crippen molar-refractivity contribution in [1.29, 1.82) is 0 Å². The number of carbonyl (C=O) groups is 1. The standard InChI is InChI=1S/C22H24N6O/c1-22(2,3)19-11-18(28(4)27-19)20(29)24-12-16-7-5-6-15(10-16)8-9-17-13-25-21(23)26-14-17/h5-7,10-11,13-14H,12H2,1-4H3,(H,24,29)(H2,23,25,26). The summed E-state index contributed by atoms with van der Waals surface area (Å²) in [7, 11) is 1.78. The summed E-state index contributed by atoms with van der Waals surface area (Å²) in [6.07, 6.45) is 3.16. The molecule has 0 spiro atoms. The van der Waals surface area contributed by atoms with E-state index < -0.39 is 0 Å². The van der Waals surface area contributed by atoms with Crippen molar-refractivity contribution >= 4 is 11.9 Å². The van der Waals surface area contributed by atoms with Crippen LogP contribution in [0.1, 0.15) is 53.6 Å². The van der Waals surface area contributed by atoms with Crippen LogP contribution in [-0.4, -0.2) is 25.7 Å². The lowest BCUT2D eigenvalue weighted by Gasteiger charge is -2.13. The molecule has 29 heavy (non-hydrogen) atoms. The quantitative estimate of drug-likeness (QED) is 0.672. The van der Waals surface area contributed by atoms with E-state index in [9.17, 15) is 4.79 Å². The fourth-order valence-corrected chi connectivity index (χ4v) is 2.63. The SMILES string of the molecule is Cn1nc(C(C)(C)C)cc1C(=O)NCc1cccc(C#Cc2cnc(N)nc2)c1. The van der Waals surface area contributed by atoms with Gasteiger partial charge in [-0.25, -0.2) is 9.97 Å². The topological polar surface area (TPSA) is 98.7 Å². The lowest BCUT2D eigenvalue weighted by Crippen LogP contribution is -2.25. The molecular formula is C22H24N6O. The third-order valence-electron chi connectivity index (χ3n) is 4.28. The molecule has 3 N–H and O–H groups in total. The van der Waals surface area contributed by atoms with Crippen LogP contribution in [0.4, 0.5) is 5.95 Å². The molecule has 148 valence electrons. The second kappa shape index (κ2) is 8.15. The zero-order valence-corrected chi connectivity index (χ0v) is 17.0. The highest BCUT2D eigenvalue weighted by molar-refractivity contribution is 5.92. The van der Waals surface area contributed by atoms with Gasteiger partial charge in [-0.15, -0.1) is 0 Å². The van der Waals surface area contributed by atoms with Crippen molar-refractivity contribution in [3.8, 4) is 11.8 Å². The molecule has 7 nitrogen and oxygen atoms in total. The second-order valence-electron chi connectivity index (χ2n) is 7.75. The first kappa shape index (κ1) is 20.1. The molecule has 0 aliphatic heterocycles. The van der Waals surface area contributed by atoms with Gasteiger partial charge in [0.2, 0.25) is 5.95 Å². The lowest BCUT2D eigenvalue weighted by molar-refractivity contribution is 0.0941. The maximum atomic E-state index is 12.6. The number of hydrogen-bond donors (Lipinski definition) is 2. The molecule has 0 radical (unpaired) electrons. The molecule has 3 aromatic rings. The van der Waals surface area contributed by atoms with Crippen LogP contribution >= 0.6 is 0 Å². The molecule has 0 aliphatic rings. The molecule has 0 saturated carbocycles. The third-order valence-corrected chi connectivity index (χ3v) is 4.28. The predicted molar refractivity (Wildman–Crippen MR) is 112 cm³/mol. The number of carbonyl (C=O) groups excluding carboxylic acids is 1. The van der Waals surface area contributed by atoms with E-state index in [0.29, 0.717) is 17.8 Å². The van der Waals surface area contributed by atoms with Gasteiger partial charge in [-0.1, -0.05) is 44.7 Å². The van der Waals surface area contributed by atoms with Crippen LogP contribution in [0.3, 0.4) is 0 Å². The van der Waals surface area contributed by atoms with Crippen LogP contribution in [0.15, 0.2) is 42.7 Å². The van der Waals surface area contributed by atoms with Crippen LogP contribution in [0.25, 0.3) is 0 Å². The molecule has 0 bridgehead atoms. The van der Waals surface area contributed by atoms with E-state index in [1.54, 1.807) is 24.1 Å². The number of nitrogen functional groups attached to an aromatic ring is 1. The summed E-state index contributed by atoms with van der Waals surface area (Å²) in [6, 6.07) is 9.54. The normalized spacial score (nSPS) is 10.9. The number of aromatic nitrogens is 4. The molecule has 1 aromatic carbocycles. The predicted octanol–water partition coefficient (Wildman–Crippen LogP) is 2.42. The van der Waals surface area contributed by atoms with Crippen molar-refractivity contribution in [3.63, 3.8) is 0 Å². The number of rotatable bonds is 3. The van der Waals surface area contributed by atoms with Gasteiger partial charge in [-0.3, -0.25) is 9.48 Å². The van der Waals surface area contributed by atoms with Crippen LogP contribution in [-0.2, 0) is 19.0 Å². The minimum Gasteiger partial charge on any atom is -0.368 e. The smallest absolute Gasteiger partial charge is 0.269 e. The molecule has 2 heterocycles. The Morgan fingerprint density at radius 2 is 1.83 bits per heavy atom. The molecule has 3 rings (SSSR count). The van der Waals surface area contributed by atoms with Crippen LogP contribution in [0.5, 0.6) is 0 Å². The van der Waals surface area contributed by atoms with E-state index in [4.69, 9.17) is 5.73 Å². The molecule has 2 aromatic heterocycles. The molecule has 0 fully saturated rings. The molecule has 0 aliphatic carbocycles. The highest BCUT2D eigenvalue weighted by Gasteiger charge is 2.21. The van der Waals surface area contributed by atoms with Crippen molar-refractivity contribution < 1.29 is 4.79 Å². The second-order valence-corrected chi connectivity index (χ2v) is 7.75. The summed E-state index contributed by atoms with van der Waals surface area (Å²) >= 11 is 0. The van der Waals surface area contributed by atoms with Gasteiger partial charge < -0.3 is 11.1 Å². The number of anilines is 1. The minimum atomic E-state index is -0.161. The Bertz CT molecular complexity index is 1080. The number of amides is 1. The van der Waals surface area contributed by atoms with E-state index in [0.717, 1.165) is 16.8 Å². The van der Waals surface area contributed by atoms with E-state index >= 15 is 0 Å². The average molecular weight is 388 g/mol. The monoisotopic (exact) mass is 388 g/mol. The third kappa shape index (κ3) is 5.20. The highest BCUT2D eigenvalue weighted by atomic mass is 16.2. The molecule has 1 amide bonds. The summed E-state index contributed by atoms with van der Waals surface area (Å²) in [5, 5.41) is 7.40. The molecule has 0 saturated heterocycles. The average Bonchev–Trinajstić information content (AvgIpc) is 3.08. The summed E-state index contributed by atoms with van der Waals surface area (Å²) in [4.78, 5) is 20.4. The van der Waals surface area contributed by atoms with Crippen molar-refractivity contribution in [2.75, 3.05) is 5.73 Å². The number of nitrogens with two attached hydrogens (primary N) is 1. The van der Waals surface area contributed by atoms with Crippen molar-refractivity contribution in [1.82, 2.24) is 25.1 Å². The van der Waals surface area contributed by atoms with Crippen LogP contribution < -0.4 is 11.1 Å². The summed E-state index contributed by atoms with van der Waals surface area (Å²) in [6.45, 7) is 6.61. The Morgan fingerprint density at radius 1 is 1.14 bits per heavy atom. The van der Waals surface area contributed by atoms with E-state index in [-0.39, 0.29) is 17.3 Å². The fraction of sp³-hybridized carbons (Fsp3) is 0.273. The first-order valence-corrected chi connectivity index (χ1v) is 9.23. The first-order chi connectivity index (χ1) is 13.7.